The average molecular weight is 299 g/mol. The van der Waals surface area contributed by atoms with Crippen LogP contribution in [0.5, 0.6) is 0 Å². The van der Waals surface area contributed by atoms with E-state index >= 15 is 0 Å². The van der Waals surface area contributed by atoms with Gasteiger partial charge in [-0.1, -0.05) is 11.6 Å². The number of rotatable bonds is 4. The summed E-state index contributed by atoms with van der Waals surface area (Å²) in [5.41, 5.74) is 0.210. The average Bonchev–Trinajstić information content (AvgIpc) is 2.41. The molecule has 0 saturated carbocycles. The predicted octanol–water partition coefficient (Wildman–Crippen LogP) is 1.36. The van der Waals surface area contributed by atoms with E-state index in [1.165, 1.54) is 18.2 Å². The van der Waals surface area contributed by atoms with Crippen molar-refractivity contribution in [2.45, 2.75) is 12.5 Å². The number of amides is 1. The topological polar surface area (TPSA) is 87.7 Å². The number of ether oxygens (including phenoxy) is 1. The molecule has 1 aliphatic rings. The van der Waals surface area contributed by atoms with Gasteiger partial charge in [0.2, 0.25) is 5.91 Å². The Labute approximate surface area is 121 Å². The third-order valence-electron chi connectivity index (χ3n) is 2.92. The molecule has 1 aromatic rings. The fourth-order valence-electron chi connectivity index (χ4n) is 1.98. The summed E-state index contributed by atoms with van der Waals surface area (Å²) < 4.78 is 5.26. The molecule has 1 unspecified atom stereocenters. The summed E-state index contributed by atoms with van der Waals surface area (Å²) in [4.78, 5) is 23.0. The maximum Gasteiger partial charge on any atom is 0.337 e. The van der Waals surface area contributed by atoms with Gasteiger partial charge in [0, 0.05) is 24.0 Å². The molecular weight excluding hydrogens is 284 g/mol. The Morgan fingerprint density at radius 2 is 2.30 bits per heavy atom. The molecule has 1 aliphatic heterocycles. The van der Waals surface area contributed by atoms with Gasteiger partial charge in [0.15, 0.2) is 0 Å². The van der Waals surface area contributed by atoms with E-state index in [9.17, 15) is 9.59 Å². The minimum atomic E-state index is -1.14. The second kappa shape index (κ2) is 6.69. The van der Waals surface area contributed by atoms with E-state index in [1.54, 1.807) is 0 Å². The maximum absolute atomic E-state index is 11.9. The molecule has 108 valence electrons. The van der Waals surface area contributed by atoms with Crippen molar-refractivity contribution in [3.8, 4) is 0 Å². The zero-order valence-corrected chi connectivity index (χ0v) is 11.4. The van der Waals surface area contributed by atoms with Crippen LogP contribution in [0.3, 0.4) is 0 Å². The van der Waals surface area contributed by atoms with E-state index in [0.717, 1.165) is 0 Å². The largest absolute Gasteiger partial charge is 0.478 e. The van der Waals surface area contributed by atoms with Crippen molar-refractivity contribution < 1.29 is 19.4 Å². The predicted molar refractivity (Wildman–Crippen MR) is 74.3 cm³/mol. The van der Waals surface area contributed by atoms with Crippen LogP contribution in [0.4, 0.5) is 5.69 Å². The molecule has 7 heteroatoms. The van der Waals surface area contributed by atoms with Crippen LogP contribution < -0.4 is 10.6 Å². The molecule has 0 aromatic heterocycles. The number of hydrogen-bond donors (Lipinski definition) is 3. The smallest absolute Gasteiger partial charge is 0.337 e. The van der Waals surface area contributed by atoms with Gasteiger partial charge in [0.25, 0.3) is 0 Å². The second-order valence-corrected chi connectivity index (χ2v) is 4.91. The highest BCUT2D eigenvalue weighted by molar-refractivity contribution is 6.31. The zero-order valence-electron chi connectivity index (χ0n) is 10.7. The zero-order chi connectivity index (χ0) is 14.5. The molecule has 1 fully saturated rings. The molecule has 1 heterocycles. The number of aromatic carboxylic acids is 1. The van der Waals surface area contributed by atoms with Crippen molar-refractivity contribution in [1.82, 2.24) is 5.32 Å². The lowest BCUT2D eigenvalue weighted by molar-refractivity contribution is -0.117. The SMILES string of the molecule is O=C(CC1COCCN1)Nc1ccc(Cl)cc1C(=O)O. The van der Waals surface area contributed by atoms with Gasteiger partial charge in [-0.25, -0.2) is 4.79 Å². The Bertz CT molecular complexity index is 515. The third-order valence-corrected chi connectivity index (χ3v) is 3.15. The van der Waals surface area contributed by atoms with Crippen molar-refractivity contribution in [3.05, 3.63) is 28.8 Å². The molecule has 0 bridgehead atoms. The first-order valence-electron chi connectivity index (χ1n) is 6.20. The molecule has 6 nitrogen and oxygen atoms in total. The number of morpholine rings is 1. The molecule has 1 aromatic carbocycles. The van der Waals surface area contributed by atoms with Crippen LogP contribution in [0.15, 0.2) is 18.2 Å². The van der Waals surface area contributed by atoms with Crippen LogP contribution in [-0.4, -0.2) is 42.8 Å². The van der Waals surface area contributed by atoms with Crippen molar-refractivity contribution in [3.63, 3.8) is 0 Å². The van der Waals surface area contributed by atoms with Crippen LogP contribution in [-0.2, 0) is 9.53 Å². The van der Waals surface area contributed by atoms with Gasteiger partial charge in [0.1, 0.15) is 0 Å². The van der Waals surface area contributed by atoms with Gasteiger partial charge in [-0.2, -0.15) is 0 Å². The lowest BCUT2D eigenvalue weighted by Crippen LogP contribution is -2.43. The minimum absolute atomic E-state index is 0.0290. The van der Waals surface area contributed by atoms with Crippen molar-refractivity contribution >= 4 is 29.2 Å². The molecule has 3 N–H and O–H groups in total. The van der Waals surface area contributed by atoms with Crippen LogP contribution in [0.2, 0.25) is 5.02 Å². The minimum Gasteiger partial charge on any atom is -0.478 e. The number of carboxylic acids is 1. The number of anilines is 1. The van der Waals surface area contributed by atoms with Crippen LogP contribution >= 0.6 is 11.6 Å². The fraction of sp³-hybridized carbons (Fsp3) is 0.385. The Hall–Kier alpha value is -1.63. The number of nitrogens with one attached hydrogen (secondary N) is 2. The molecule has 1 saturated heterocycles. The highest BCUT2D eigenvalue weighted by atomic mass is 35.5. The van der Waals surface area contributed by atoms with Gasteiger partial charge >= 0.3 is 5.97 Å². The Morgan fingerprint density at radius 1 is 1.50 bits per heavy atom. The number of carbonyl (C=O) groups is 2. The van der Waals surface area contributed by atoms with Gasteiger partial charge in [-0.05, 0) is 18.2 Å². The number of benzene rings is 1. The summed E-state index contributed by atoms with van der Waals surface area (Å²) in [6, 6.07) is 4.27. The van der Waals surface area contributed by atoms with Gasteiger partial charge in [-0.15, -0.1) is 0 Å². The van der Waals surface area contributed by atoms with Crippen LogP contribution in [0, 0.1) is 0 Å². The normalized spacial score (nSPS) is 18.6. The molecule has 1 atom stereocenters. The quantitative estimate of drug-likeness (QED) is 0.781. The Morgan fingerprint density at radius 3 is 2.95 bits per heavy atom. The van der Waals surface area contributed by atoms with E-state index in [1.807, 2.05) is 0 Å². The number of hydrogen-bond acceptors (Lipinski definition) is 4. The van der Waals surface area contributed by atoms with E-state index in [2.05, 4.69) is 10.6 Å². The molecule has 0 aliphatic carbocycles. The van der Waals surface area contributed by atoms with E-state index in [4.69, 9.17) is 21.4 Å². The molecule has 20 heavy (non-hydrogen) atoms. The molecule has 2 rings (SSSR count). The summed E-state index contributed by atoms with van der Waals surface area (Å²) >= 11 is 5.75. The number of carbonyl (C=O) groups excluding carboxylic acids is 1. The van der Waals surface area contributed by atoms with Crippen molar-refractivity contribution in [2.75, 3.05) is 25.1 Å². The van der Waals surface area contributed by atoms with E-state index in [-0.39, 0.29) is 29.6 Å². The first-order valence-corrected chi connectivity index (χ1v) is 6.58. The van der Waals surface area contributed by atoms with Gasteiger partial charge < -0.3 is 20.5 Å². The molecule has 0 spiro atoms. The highest BCUT2D eigenvalue weighted by Gasteiger charge is 2.18. The molecular formula is C13H15ClN2O4. The third kappa shape index (κ3) is 3.93. The van der Waals surface area contributed by atoms with Crippen LogP contribution in [0.25, 0.3) is 0 Å². The van der Waals surface area contributed by atoms with E-state index in [0.29, 0.717) is 24.8 Å². The highest BCUT2D eigenvalue weighted by Crippen LogP contribution is 2.21. The standard InChI is InChI=1S/C13H15ClN2O4/c14-8-1-2-11(10(5-8)13(18)19)16-12(17)6-9-7-20-4-3-15-9/h1-2,5,9,15H,3-4,6-7H2,(H,16,17)(H,18,19). The first kappa shape index (κ1) is 14.8. The number of carboxylic acid groups (broad SMARTS) is 1. The molecule has 0 radical (unpaired) electrons. The maximum atomic E-state index is 11.9. The summed E-state index contributed by atoms with van der Waals surface area (Å²) in [5.74, 6) is -1.40. The van der Waals surface area contributed by atoms with Crippen LogP contribution in [0.1, 0.15) is 16.8 Å². The van der Waals surface area contributed by atoms with E-state index < -0.39 is 5.97 Å². The monoisotopic (exact) mass is 298 g/mol. The van der Waals surface area contributed by atoms with Gasteiger partial charge in [-0.3, -0.25) is 4.79 Å². The second-order valence-electron chi connectivity index (χ2n) is 4.47. The fourth-order valence-corrected chi connectivity index (χ4v) is 2.15. The van der Waals surface area contributed by atoms with Crippen molar-refractivity contribution in [2.24, 2.45) is 0 Å². The number of halogens is 1. The summed E-state index contributed by atoms with van der Waals surface area (Å²) in [5, 5.41) is 15.1. The summed E-state index contributed by atoms with van der Waals surface area (Å²) in [6.07, 6.45) is 0.224. The molecule has 1 amide bonds. The Balaban J connectivity index is 2.01. The Kier molecular flexibility index (Phi) is 4.94. The lowest BCUT2D eigenvalue weighted by Gasteiger charge is -2.23. The summed E-state index contributed by atoms with van der Waals surface area (Å²) in [6.45, 7) is 1.82. The van der Waals surface area contributed by atoms with Crippen molar-refractivity contribution in [1.29, 1.82) is 0 Å². The van der Waals surface area contributed by atoms with Gasteiger partial charge in [0.05, 0.1) is 24.5 Å². The first-order chi connectivity index (χ1) is 9.56. The summed E-state index contributed by atoms with van der Waals surface area (Å²) in [7, 11) is 0. The lowest BCUT2D eigenvalue weighted by atomic mass is 10.1.